The zero-order valence-corrected chi connectivity index (χ0v) is 12.3. The number of methoxy groups -OCH3 is 1. The highest BCUT2D eigenvalue weighted by Crippen LogP contribution is 2.27. The van der Waals surface area contributed by atoms with Gasteiger partial charge in [-0.05, 0) is 37.5 Å². The number of hydrogen-bond acceptors (Lipinski definition) is 3. The van der Waals surface area contributed by atoms with Crippen molar-refractivity contribution in [2.75, 3.05) is 13.7 Å². The van der Waals surface area contributed by atoms with Crippen LogP contribution in [0.15, 0.2) is 18.2 Å². The topological polar surface area (TPSA) is 38.7 Å². The highest BCUT2D eigenvalue weighted by Gasteiger charge is 2.23. The van der Waals surface area contributed by atoms with Crippen molar-refractivity contribution in [1.82, 2.24) is 0 Å². The van der Waals surface area contributed by atoms with Crippen LogP contribution >= 0.6 is 0 Å². The molecule has 0 bridgehead atoms. The molecule has 4 heteroatoms. The summed E-state index contributed by atoms with van der Waals surface area (Å²) in [7, 11) is 1.70. The fourth-order valence-corrected chi connectivity index (χ4v) is 2.49. The molecule has 0 heterocycles. The van der Waals surface area contributed by atoms with E-state index in [1.807, 2.05) is 0 Å². The molecule has 21 heavy (non-hydrogen) atoms. The van der Waals surface area contributed by atoms with Crippen LogP contribution in [0.25, 0.3) is 0 Å². The lowest BCUT2D eigenvalue weighted by atomic mass is 9.95. The first kappa shape index (κ1) is 15.8. The van der Waals surface area contributed by atoms with E-state index in [1.54, 1.807) is 19.2 Å². The number of rotatable bonds is 4. The van der Waals surface area contributed by atoms with Gasteiger partial charge in [0, 0.05) is 25.5 Å². The van der Waals surface area contributed by atoms with Crippen molar-refractivity contribution >= 4 is 0 Å². The van der Waals surface area contributed by atoms with Gasteiger partial charge in [-0.25, -0.2) is 4.39 Å². The Balaban J connectivity index is 2.05. The molecule has 114 valence electrons. The van der Waals surface area contributed by atoms with Gasteiger partial charge in [0.1, 0.15) is 6.10 Å². The molecule has 0 aliphatic heterocycles. The summed E-state index contributed by atoms with van der Waals surface area (Å²) in [6.07, 6.45) is 4.35. The van der Waals surface area contributed by atoms with Crippen LogP contribution in [-0.2, 0) is 4.74 Å². The summed E-state index contributed by atoms with van der Waals surface area (Å²) in [5.41, 5.74) is 0.693. The molecule has 0 aromatic heterocycles. The SMILES string of the molecule is COC1CCCC(Oc2cc(C#CCCO)ccc2F)C1. The smallest absolute Gasteiger partial charge is 0.165 e. The second kappa shape index (κ2) is 8.02. The zero-order valence-electron chi connectivity index (χ0n) is 12.3. The number of hydrogen-bond donors (Lipinski definition) is 1. The standard InChI is InChI=1S/C17H21FO3/c1-20-14-6-4-7-15(12-14)21-17-11-13(5-2-3-10-19)8-9-16(17)18/h8-9,11,14-15,19H,3-4,6-7,10,12H2,1H3. The van der Waals surface area contributed by atoms with Gasteiger partial charge in [0.25, 0.3) is 0 Å². The molecule has 1 N–H and O–H groups in total. The van der Waals surface area contributed by atoms with Crippen LogP contribution in [0.3, 0.4) is 0 Å². The molecule has 0 spiro atoms. The van der Waals surface area contributed by atoms with E-state index < -0.39 is 0 Å². The normalized spacial score (nSPS) is 21.5. The van der Waals surface area contributed by atoms with Gasteiger partial charge in [-0.1, -0.05) is 11.8 Å². The summed E-state index contributed by atoms with van der Waals surface area (Å²) in [6.45, 7) is 0.0258. The third-order valence-electron chi connectivity index (χ3n) is 3.61. The summed E-state index contributed by atoms with van der Waals surface area (Å²) in [6, 6.07) is 4.61. The summed E-state index contributed by atoms with van der Waals surface area (Å²) < 4.78 is 25.0. The highest BCUT2D eigenvalue weighted by atomic mass is 19.1. The second-order valence-corrected chi connectivity index (χ2v) is 5.18. The Labute approximate surface area is 125 Å². The van der Waals surface area contributed by atoms with E-state index in [9.17, 15) is 4.39 Å². The Morgan fingerprint density at radius 2 is 2.14 bits per heavy atom. The molecule has 0 saturated heterocycles. The molecule has 1 aliphatic rings. The van der Waals surface area contributed by atoms with E-state index in [0.29, 0.717) is 12.0 Å². The Morgan fingerprint density at radius 1 is 1.33 bits per heavy atom. The van der Waals surface area contributed by atoms with Crippen LogP contribution in [0.5, 0.6) is 5.75 Å². The number of aliphatic hydroxyl groups excluding tert-OH is 1. The number of aliphatic hydroxyl groups is 1. The maximum Gasteiger partial charge on any atom is 0.165 e. The van der Waals surface area contributed by atoms with Gasteiger partial charge in [-0.3, -0.25) is 0 Å². The number of ether oxygens (including phenoxy) is 2. The lowest BCUT2D eigenvalue weighted by Crippen LogP contribution is -2.29. The fourth-order valence-electron chi connectivity index (χ4n) is 2.49. The largest absolute Gasteiger partial charge is 0.487 e. The maximum absolute atomic E-state index is 13.8. The predicted octanol–water partition coefficient (Wildman–Crippen LogP) is 2.90. The third kappa shape index (κ3) is 4.73. The van der Waals surface area contributed by atoms with Gasteiger partial charge in [0.05, 0.1) is 12.7 Å². The Kier molecular flexibility index (Phi) is 6.04. The third-order valence-corrected chi connectivity index (χ3v) is 3.61. The van der Waals surface area contributed by atoms with Crippen molar-refractivity contribution in [2.24, 2.45) is 0 Å². The molecule has 1 aromatic rings. The van der Waals surface area contributed by atoms with Crippen LogP contribution in [-0.4, -0.2) is 31.0 Å². The molecule has 1 aliphatic carbocycles. The first-order valence-corrected chi connectivity index (χ1v) is 7.31. The molecular weight excluding hydrogens is 271 g/mol. The van der Waals surface area contributed by atoms with Crippen molar-refractivity contribution in [3.05, 3.63) is 29.6 Å². The number of halogens is 1. The fraction of sp³-hybridized carbons (Fsp3) is 0.529. The van der Waals surface area contributed by atoms with Crippen LogP contribution in [0.2, 0.25) is 0 Å². The first-order valence-electron chi connectivity index (χ1n) is 7.31. The molecule has 1 aromatic carbocycles. The van der Waals surface area contributed by atoms with Crippen LogP contribution in [0, 0.1) is 17.7 Å². The van der Waals surface area contributed by atoms with Crippen LogP contribution < -0.4 is 4.74 Å². The van der Waals surface area contributed by atoms with E-state index >= 15 is 0 Å². The number of benzene rings is 1. The van der Waals surface area contributed by atoms with Gasteiger partial charge in [-0.15, -0.1) is 0 Å². The minimum atomic E-state index is -0.373. The molecule has 2 unspecified atom stereocenters. The quantitative estimate of drug-likeness (QED) is 0.867. The molecule has 1 saturated carbocycles. The zero-order chi connectivity index (χ0) is 15.1. The lowest BCUT2D eigenvalue weighted by Gasteiger charge is -2.28. The first-order chi connectivity index (χ1) is 10.2. The summed E-state index contributed by atoms with van der Waals surface area (Å²) in [5.74, 6) is 5.58. The van der Waals surface area contributed by atoms with Gasteiger partial charge < -0.3 is 14.6 Å². The molecule has 0 radical (unpaired) electrons. The van der Waals surface area contributed by atoms with Crippen LogP contribution in [0.1, 0.15) is 37.7 Å². The van der Waals surface area contributed by atoms with E-state index in [-0.39, 0.29) is 30.4 Å². The predicted molar refractivity (Wildman–Crippen MR) is 78.7 cm³/mol. The molecule has 2 atom stereocenters. The highest BCUT2D eigenvalue weighted by molar-refractivity contribution is 5.40. The minimum Gasteiger partial charge on any atom is -0.487 e. The lowest BCUT2D eigenvalue weighted by molar-refractivity contribution is 0.0197. The van der Waals surface area contributed by atoms with E-state index in [1.165, 1.54) is 6.07 Å². The summed E-state index contributed by atoms with van der Waals surface area (Å²) in [4.78, 5) is 0. The Morgan fingerprint density at radius 3 is 2.90 bits per heavy atom. The van der Waals surface area contributed by atoms with Crippen LogP contribution in [0.4, 0.5) is 4.39 Å². The second-order valence-electron chi connectivity index (χ2n) is 5.18. The Hall–Kier alpha value is -1.57. The van der Waals surface area contributed by atoms with Crippen molar-refractivity contribution in [3.8, 4) is 17.6 Å². The van der Waals surface area contributed by atoms with Gasteiger partial charge in [0.15, 0.2) is 11.6 Å². The van der Waals surface area contributed by atoms with Gasteiger partial charge in [0.2, 0.25) is 0 Å². The van der Waals surface area contributed by atoms with Gasteiger partial charge >= 0.3 is 0 Å². The minimum absolute atomic E-state index is 0.0150. The summed E-state index contributed by atoms with van der Waals surface area (Å²) in [5, 5.41) is 8.71. The molecule has 3 nitrogen and oxygen atoms in total. The van der Waals surface area contributed by atoms with Crippen molar-refractivity contribution in [2.45, 2.75) is 44.3 Å². The summed E-state index contributed by atoms with van der Waals surface area (Å²) >= 11 is 0. The van der Waals surface area contributed by atoms with Crippen molar-refractivity contribution in [3.63, 3.8) is 0 Å². The maximum atomic E-state index is 13.8. The monoisotopic (exact) mass is 292 g/mol. The van der Waals surface area contributed by atoms with E-state index in [2.05, 4.69) is 11.8 Å². The molecule has 2 rings (SSSR count). The average Bonchev–Trinajstić information content (AvgIpc) is 2.51. The van der Waals surface area contributed by atoms with E-state index in [4.69, 9.17) is 14.6 Å². The van der Waals surface area contributed by atoms with Gasteiger partial charge in [-0.2, -0.15) is 0 Å². The van der Waals surface area contributed by atoms with Crippen molar-refractivity contribution < 1.29 is 19.0 Å². The van der Waals surface area contributed by atoms with E-state index in [0.717, 1.165) is 25.7 Å². The average molecular weight is 292 g/mol. The Bertz CT molecular complexity index is 519. The molecular formula is C17H21FO3. The molecule has 0 amide bonds. The molecule has 1 fully saturated rings. The van der Waals surface area contributed by atoms with Crippen molar-refractivity contribution in [1.29, 1.82) is 0 Å².